The molecule has 0 aromatic heterocycles. The van der Waals surface area contributed by atoms with Gasteiger partial charge in [-0.1, -0.05) is 81.1 Å². The lowest BCUT2D eigenvalue weighted by Crippen LogP contribution is -2.25. The molecule has 36 heavy (non-hydrogen) atoms. The van der Waals surface area contributed by atoms with Gasteiger partial charge in [0.1, 0.15) is 19.0 Å². The van der Waals surface area contributed by atoms with Gasteiger partial charge in [0.2, 0.25) is 5.91 Å². The van der Waals surface area contributed by atoms with E-state index in [-0.39, 0.29) is 25.1 Å². The summed E-state index contributed by atoms with van der Waals surface area (Å²) in [6.07, 6.45) is 6.38. The molecular weight excluding hydrogens is 450 g/mol. The lowest BCUT2D eigenvalue weighted by molar-refractivity contribution is -0.130. The molecule has 0 atom stereocenters. The zero-order chi connectivity index (χ0) is 25.6. The largest absolute Gasteiger partial charge is 0.490 e. The van der Waals surface area contributed by atoms with Crippen LogP contribution in [0, 0.1) is 0 Å². The van der Waals surface area contributed by atoms with Gasteiger partial charge in [0.15, 0.2) is 0 Å². The van der Waals surface area contributed by atoms with Crippen LogP contribution in [-0.4, -0.2) is 37.0 Å². The summed E-state index contributed by atoms with van der Waals surface area (Å²) in [7, 11) is 1.88. The molecule has 0 aliphatic carbocycles. The monoisotopic (exact) mass is 487 g/mol. The second kappa shape index (κ2) is 14.7. The molecule has 0 saturated heterocycles. The number of carbonyl (C=O) groups excluding carboxylic acids is 2. The van der Waals surface area contributed by atoms with Crippen molar-refractivity contribution in [2.75, 3.05) is 20.3 Å². The number of hydrogen-bond donors (Lipinski definition) is 0. The van der Waals surface area contributed by atoms with Crippen molar-refractivity contribution in [1.29, 1.82) is 0 Å². The number of esters is 1. The normalized spacial score (nSPS) is 10.6. The lowest BCUT2D eigenvalue weighted by Gasteiger charge is -2.18. The minimum Gasteiger partial charge on any atom is -0.490 e. The Morgan fingerprint density at radius 3 is 2.28 bits per heavy atom. The van der Waals surface area contributed by atoms with E-state index in [2.05, 4.69) is 25.1 Å². The Hall–Kier alpha value is -3.60. The number of rotatable bonds is 14. The first kappa shape index (κ1) is 27.0. The van der Waals surface area contributed by atoms with Crippen molar-refractivity contribution in [3.05, 3.63) is 90.0 Å². The predicted octanol–water partition coefficient (Wildman–Crippen LogP) is 6.91. The Morgan fingerprint density at radius 1 is 0.778 bits per heavy atom. The highest BCUT2D eigenvalue weighted by atomic mass is 16.6. The molecule has 0 heterocycles. The van der Waals surface area contributed by atoms with E-state index in [1.54, 1.807) is 24.3 Å². The highest BCUT2D eigenvalue weighted by molar-refractivity contribution is 5.89. The zero-order valence-electron chi connectivity index (χ0n) is 21.4. The Labute approximate surface area is 215 Å². The number of amides is 1. The van der Waals surface area contributed by atoms with Gasteiger partial charge in [0.05, 0.1) is 5.56 Å². The predicted molar refractivity (Wildman–Crippen MR) is 144 cm³/mol. The molecule has 0 saturated carbocycles. The number of ether oxygens (including phenoxy) is 2. The third kappa shape index (κ3) is 8.88. The van der Waals surface area contributed by atoms with Crippen LogP contribution < -0.4 is 4.74 Å². The Bertz CT molecular complexity index is 1080. The number of nitrogens with zero attached hydrogens (tertiary/aromatic N) is 1. The molecule has 5 heteroatoms. The van der Waals surface area contributed by atoms with Crippen LogP contribution in [0.15, 0.2) is 78.9 Å². The maximum absolute atomic E-state index is 12.5. The molecule has 0 radical (unpaired) electrons. The van der Waals surface area contributed by atoms with Gasteiger partial charge in [0.25, 0.3) is 0 Å². The number of benzene rings is 3. The smallest absolute Gasteiger partial charge is 0.338 e. The average Bonchev–Trinajstić information content (AvgIpc) is 2.91. The zero-order valence-corrected chi connectivity index (χ0v) is 21.4. The molecular formula is C31H37NO4. The molecule has 0 aliphatic rings. The first-order chi connectivity index (χ1) is 17.6. The summed E-state index contributed by atoms with van der Waals surface area (Å²) in [5, 5.41) is 0. The summed E-state index contributed by atoms with van der Waals surface area (Å²) in [5.74, 6) is 0.566. The average molecular weight is 488 g/mol. The molecule has 0 bridgehead atoms. The van der Waals surface area contributed by atoms with Crippen molar-refractivity contribution < 1.29 is 19.1 Å². The van der Waals surface area contributed by atoms with E-state index < -0.39 is 0 Å². The quantitative estimate of drug-likeness (QED) is 0.183. The summed E-state index contributed by atoms with van der Waals surface area (Å²) in [5.41, 5.74) is 3.80. The minimum atomic E-state index is -0.353. The fourth-order valence-corrected chi connectivity index (χ4v) is 3.98. The molecule has 0 fully saturated rings. The maximum atomic E-state index is 12.5. The summed E-state index contributed by atoms with van der Waals surface area (Å²) >= 11 is 0. The molecule has 3 aromatic rings. The van der Waals surface area contributed by atoms with E-state index >= 15 is 0 Å². The highest BCUT2D eigenvalue weighted by Gasteiger charge is 2.10. The van der Waals surface area contributed by atoms with Crippen LogP contribution in [0.25, 0.3) is 11.1 Å². The second-order valence-electron chi connectivity index (χ2n) is 8.99. The van der Waals surface area contributed by atoms with Crippen LogP contribution in [0.1, 0.15) is 61.4 Å². The molecule has 0 unspecified atom stereocenters. The Morgan fingerprint density at radius 2 is 1.53 bits per heavy atom. The van der Waals surface area contributed by atoms with Crippen LogP contribution in [0.5, 0.6) is 5.75 Å². The van der Waals surface area contributed by atoms with Crippen LogP contribution in [0.2, 0.25) is 0 Å². The van der Waals surface area contributed by atoms with E-state index in [1.807, 2.05) is 48.3 Å². The van der Waals surface area contributed by atoms with Crippen molar-refractivity contribution in [3.63, 3.8) is 0 Å². The van der Waals surface area contributed by atoms with Gasteiger partial charge >= 0.3 is 5.97 Å². The van der Waals surface area contributed by atoms with Crippen LogP contribution in [0.4, 0.5) is 0 Å². The van der Waals surface area contributed by atoms with Crippen LogP contribution in [0.3, 0.4) is 0 Å². The molecule has 3 aromatic carbocycles. The minimum absolute atomic E-state index is 0.183. The van der Waals surface area contributed by atoms with Crippen molar-refractivity contribution in [2.45, 2.75) is 52.0 Å². The number of carbonyl (C=O) groups is 2. The molecule has 0 spiro atoms. The number of hydrogen-bond acceptors (Lipinski definition) is 4. The Kier molecular flexibility index (Phi) is 11.0. The van der Waals surface area contributed by atoms with E-state index in [9.17, 15) is 9.59 Å². The van der Waals surface area contributed by atoms with E-state index in [0.29, 0.717) is 18.5 Å². The summed E-state index contributed by atoms with van der Waals surface area (Å²) in [4.78, 5) is 26.3. The van der Waals surface area contributed by atoms with Crippen molar-refractivity contribution in [3.8, 4) is 16.9 Å². The molecule has 3 rings (SSSR count). The van der Waals surface area contributed by atoms with Crippen LogP contribution in [-0.2, 0) is 16.1 Å². The topological polar surface area (TPSA) is 55.8 Å². The SMILES string of the molecule is CCCCCCCC(=O)N(C)Cc1cccc(-c2ccc(OCCOC(=O)c3ccccc3)cc2)c1. The van der Waals surface area contributed by atoms with Crippen molar-refractivity contribution >= 4 is 11.9 Å². The summed E-state index contributed by atoms with van der Waals surface area (Å²) < 4.78 is 11.0. The van der Waals surface area contributed by atoms with Crippen LogP contribution >= 0.6 is 0 Å². The molecule has 190 valence electrons. The van der Waals surface area contributed by atoms with Gasteiger partial charge in [-0.15, -0.1) is 0 Å². The van der Waals surface area contributed by atoms with Gasteiger partial charge in [-0.3, -0.25) is 4.79 Å². The van der Waals surface area contributed by atoms with Gasteiger partial charge in [0, 0.05) is 20.0 Å². The van der Waals surface area contributed by atoms with Gasteiger partial charge < -0.3 is 14.4 Å². The summed E-state index contributed by atoms with van der Waals surface area (Å²) in [6, 6.07) is 25.0. The Balaban J connectivity index is 1.45. The second-order valence-corrected chi connectivity index (χ2v) is 8.99. The van der Waals surface area contributed by atoms with E-state index in [0.717, 1.165) is 35.3 Å². The fraction of sp³-hybridized carbons (Fsp3) is 0.355. The van der Waals surface area contributed by atoms with Gasteiger partial charge in [-0.05, 0) is 53.4 Å². The third-order valence-electron chi connectivity index (χ3n) is 6.05. The van der Waals surface area contributed by atoms with E-state index in [1.165, 1.54) is 19.3 Å². The fourth-order valence-electron chi connectivity index (χ4n) is 3.98. The first-order valence-electron chi connectivity index (χ1n) is 12.8. The van der Waals surface area contributed by atoms with Gasteiger partial charge in [-0.25, -0.2) is 4.79 Å². The third-order valence-corrected chi connectivity index (χ3v) is 6.05. The highest BCUT2D eigenvalue weighted by Crippen LogP contribution is 2.24. The molecule has 5 nitrogen and oxygen atoms in total. The van der Waals surface area contributed by atoms with Gasteiger partial charge in [-0.2, -0.15) is 0 Å². The first-order valence-corrected chi connectivity index (χ1v) is 12.8. The lowest BCUT2D eigenvalue weighted by atomic mass is 10.0. The van der Waals surface area contributed by atoms with Crippen molar-refractivity contribution in [2.24, 2.45) is 0 Å². The number of unbranched alkanes of at least 4 members (excludes halogenated alkanes) is 4. The maximum Gasteiger partial charge on any atom is 0.338 e. The molecule has 0 aliphatic heterocycles. The molecule has 0 N–H and O–H groups in total. The summed E-state index contributed by atoms with van der Waals surface area (Å²) in [6.45, 7) is 3.27. The standard InChI is InChI=1S/C31H37NO4/c1-3-4-5-6-10-16-30(33)32(2)24-25-12-11-15-28(23-25)26-17-19-29(20-18-26)35-21-22-36-31(34)27-13-8-7-9-14-27/h7-9,11-15,17-20,23H,3-6,10,16,21-22,24H2,1-2H3. The van der Waals surface area contributed by atoms with Crippen molar-refractivity contribution in [1.82, 2.24) is 4.90 Å². The molecule has 1 amide bonds. The van der Waals surface area contributed by atoms with E-state index in [4.69, 9.17) is 9.47 Å².